The highest BCUT2D eigenvalue weighted by Gasteiger charge is 2.27. The van der Waals surface area contributed by atoms with Gasteiger partial charge < -0.3 is 10.1 Å². The topological polar surface area (TPSA) is 34.2 Å². The molecule has 1 saturated heterocycles. The molecule has 2 heterocycles. The zero-order chi connectivity index (χ0) is 14.5. The van der Waals surface area contributed by atoms with Gasteiger partial charge in [0.25, 0.3) is 0 Å². The second kappa shape index (κ2) is 7.58. The van der Waals surface area contributed by atoms with E-state index in [0.717, 1.165) is 24.7 Å². The van der Waals surface area contributed by atoms with Crippen molar-refractivity contribution in [2.75, 3.05) is 19.7 Å². The maximum Gasteiger partial charge on any atom is 0.110 e. The SMILES string of the molecule is Ic1cccnc1S[C@@H](c1ccccc1)C1CNCCO1. The molecule has 1 aromatic carbocycles. The molecule has 110 valence electrons. The highest BCUT2D eigenvalue weighted by atomic mass is 127. The lowest BCUT2D eigenvalue weighted by Gasteiger charge is -2.31. The molecular formula is C16H17IN2OS. The zero-order valence-corrected chi connectivity index (χ0v) is 14.5. The third-order valence-corrected chi connectivity index (χ3v) is 6.00. The van der Waals surface area contributed by atoms with Crippen LogP contribution in [0.4, 0.5) is 0 Å². The first-order valence-electron chi connectivity index (χ1n) is 6.99. The number of rotatable bonds is 4. The van der Waals surface area contributed by atoms with Gasteiger partial charge in [0.15, 0.2) is 0 Å². The van der Waals surface area contributed by atoms with Gasteiger partial charge in [-0.25, -0.2) is 4.98 Å². The molecule has 0 saturated carbocycles. The van der Waals surface area contributed by atoms with Gasteiger partial charge in [-0.3, -0.25) is 0 Å². The molecule has 0 spiro atoms. The van der Waals surface area contributed by atoms with E-state index >= 15 is 0 Å². The monoisotopic (exact) mass is 412 g/mol. The Balaban J connectivity index is 1.87. The van der Waals surface area contributed by atoms with E-state index in [1.807, 2.05) is 12.3 Å². The lowest BCUT2D eigenvalue weighted by atomic mass is 10.1. The van der Waals surface area contributed by atoms with E-state index in [4.69, 9.17) is 4.74 Å². The number of pyridine rings is 1. The second-order valence-electron chi connectivity index (χ2n) is 4.85. The second-order valence-corrected chi connectivity index (χ2v) is 7.15. The summed E-state index contributed by atoms with van der Waals surface area (Å²) in [6, 6.07) is 14.6. The van der Waals surface area contributed by atoms with Crippen LogP contribution in [0.3, 0.4) is 0 Å². The lowest BCUT2D eigenvalue weighted by Crippen LogP contribution is -2.41. The van der Waals surface area contributed by atoms with Crippen molar-refractivity contribution in [3.63, 3.8) is 0 Å². The van der Waals surface area contributed by atoms with Crippen molar-refractivity contribution >= 4 is 34.4 Å². The van der Waals surface area contributed by atoms with Gasteiger partial charge in [-0.1, -0.05) is 42.1 Å². The van der Waals surface area contributed by atoms with Crippen LogP contribution in [-0.2, 0) is 4.74 Å². The molecule has 1 aromatic heterocycles. The number of ether oxygens (including phenoxy) is 1. The van der Waals surface area contributed by atoms with Crippen LogP contribution in [0.1, 0.15) is 10.8 Å². The van der Waals surface area contributed by atoms with E-state index in [0.29, 0.717) is 0 Å². The average Bonchev–Trinajstić information content (AvgIpc) is 2.56. The average molecular weight is 412 g/mol. The maximum atomic E-state index is 5.99. The van der Waals surface area contributed by atoms with Crippen molar-refractivity contribution in [3.8, 4) is 0 Å². The smallest absolute Gasteiger partial charge is 0.110 e. The molecule has 21 heavy (non-hydrogen) atoms. The normalized spacial score (nSPS) is 20.1. The number of nitrogens with zero attached hydrogens (tertiary/aromatic N) is 1. The number of morpholine rings is 1. The number of benzene rings is 1. The molecule has 2 atom stereocenters. The summed E-state index contributed by atoms with van der Waals surface area (Å²) in [4.78, 5) is 4.52. The van der Waals surface area contributed by atoms with E-state index in [-0.39, 0.29) is 11.4 Å². The summed E-state index contributed by atoms with van der Waals surface area (Å²) in [5.41, 5.74) is 1.29. The molecule has 1 unspecified atom stereocenters. The van der Waals surface area contributed by atoms with E-state index in [9.17, 15) is 0 Å². The van der Waals surface area contributed by atoms with Crippen LogP contribution in [0.25, 0.3) is 0 Å². The molecule has 1 N–H and O–H groups in total. The highest BCUT2D eigenvalue weighted by Crippen LogP contribution is 2.39. The summed E-state index contributed by atoms with van der Waals surface area (Å²) in [5, 5.41) is 4.75. The summed E-state index contributed by atoms with van der Waals surface area (Å²) in [5.74, 6) is 0. The Hall–Kier alpha value is -0.630. The summed E-state index contributed by atoms with van der Waals surface area (Å²) < 4.78 is 7.18. The quantitative estimate of drug-likeness (QED) is 0.616. The van der Waals surface area contributed by atoms with Crippen LogP contribution in [0.5, 0.6) is 0 Å². The number of aromatic nitrogens is 1. The highest BCUT2D eigenvalue weighted by molar-refractivity contribution is 14.1. The molecule has 3 rings (SSSR count). The summed E-state index contributed by atoms with van der Waals surface area (Å²) in [6.07, 6.45) is 2.02. The first-order valence-corrected chi connectivity index (χ1v) is 8.95. The van der Waals surface area contributed by atoms with Crippen molar-refractivity contribution < 1.29 is 4.74 Å². The van der Waals surface area contributed by atoms with E-state index in [1.165, 1.54) is 9.13 Å². The van der Waals surface area contributed by atoms with Crippen molar-refractivity contribution in [1.82, 2.24) is 10.3 Å². The van der Waals surface area contributed by atoms with Crippen LogP contribution in [0.15, 0.2) is 53.7 Å². The third kappa shape index (κ3) is 3.97. The van der Waals surface area contributed by atoms with Gasteiger partial charge in [0, 0.05) is 22.9 Å². The lowest BCUT2D eigenvalue weighted by molar-refractivity contribution is 0.0273. The Kier molecular flexibility index (Phi) is 5.51. The molecule has 3 nitrogen and oxygen atoms in total. The minimum absolute atomic E-state index is 0.170. The maximum absolute atomic E-state index is 5.99. The molecule has 5 heteroatoms. The molecule has 1 fully saturated rings. The van der Waals surface area contributed by atoms with Crippen molar-refractivity contribution in [2.24, 2.45) is 0 Å². The Bertz CT molecular complexity index is 575. The van der Waals surface area contributed by atoms with Crippen LogP contribution < -0.4 is 5.32 Å². The van der Waals surface area contributed by atoms with Crippen LogP contribution in [-0.4, -0.2) is 30.8 Å². The van der Waals surface area contributed by atoms with Crippen molar-refractivity contribution in [1.29, 1.82) is 0 Å². The fraction of sp³-hybridized carbons (Fsp3) is 0.312. The molecule has 2 aromatic rings. The molecular weight excluding hydrogens is 395 g/mol. The molecule has 1 aliphatic heterocycles. The molecule has 0 amide bonds. The Morgan fingerprint density at radius 3 is 2.81 bits per heavy atom. The predicted octanol–water partition coefficient (Wildman–Crippen LogP) is 3.51. The van der Waals surface area contributed by atoms with Gasteiger partial charge in [-0.05, 0) is 40.3 Å². The number of hydrogen-bond donors (Lipinski definition) is 1. The first-order chi connectivity index (χ1) is 10.3. The summed E-state index contributed by atoms with van der Waals surface area (Å²) in [6.45, 7) is 2.59. The third-order valence-electron chi connectivity index (χ3n) is 3.39. The predicted molar refractivity (Wildman–Crippen MR) is 94.6 cm³/mol. The first kappa shape index (κ1) is 15.3. The van der Waals surface area contributed by atoms with Crippen LogP contribution in [0.2, 0.25) is 0 Å². The number of thioether (sulfide) groups is 1. The van der Waals surface area contributed by atoms with E-state index in [2.05, 4.69) is 69.3 Å². The molecule has 0 radical (unpaired) electrons. The van der Waals surface area contributed by atoms with Crippen molar-refractivity contribution in [3.05, 3.63) is 57.8 Å². The number of nitrogens with one attached hydrogen (secondary N) is 1. The zero-order valence-electron chi connectivity index (χ0n) is 11.5. The minimum Gasteiger partial charge on any atom is -0.374 e. The Labute approximate surface area is 143 Å². The standard InChI is InChI=1S/C16H17IN2OS/c17-13-7-4-8-19-16(13)21-15(12-5-2-1-3-6-12)14-11-18-9-10-20-14/h1-8,14-15,18H,9-11H2/t14?,15-/m0/s1. The van der Waals surface area contributed by atoms with Crippen LogP contribution in [0, 0.1) is 3.57 Å². The van der Waals surface area contributed by atoms with E-state index < -0.39 is 0 Å². The van der Waals surface area contributed by atoms with Crippen LogP contribution >= 0.6 is 34.4 Å². The number of hydrogen-bond acceptors (Lipinski definition) is 4. The fourth-order valence-electron chi connectivity index (χ4n) is 2.36. The Morgan fingerprint density at radius 1 is 1.24 bits per heavy atom. The van der Waals surface area contributed by atoms with Gasteiger partial charge in [-0.2, -0.15) is 0 Å². The van der Waals surface area contributed by atoms with E-state index in [1.54, 1.807) is 11.8 Å². The molecule has 0 aliphatic carbocycles. The Morgan fingerprint density at radius 2 is 2.10 bits per heavy atom. The van der Waals surface area contributed by atoms with Crippen molar-refractivity contribution in [2.45, 2.75) is 16.4 Å². The van der Waals surface area contributed by atoms with Gasteiger partial charge >= 0.3 is 0 Å². The number of halogens is 1. The minimum atomic E-state index is 0.170. The summed E-state index contributed by atoms with van der Waals surface area (Å²) in [7, 11) is 0. The molecule has 0 bridgehead atoms. The van der Waals surface area contributed by atoms with Gasteiger partial charge in [-0.15, -0.1) is 0 Å². The van der Waals surface area contributed by atoms with Gasteiger partial charge in [0.1, 0.15) is 5.03 Å². The fourth-order valence-corrected chi connectivity index (χ4v) is 4.25. The summed E-state index contributed by atoms with van der Waals surface area (Å²) >= 11 is 4.14. The largest absolute Gasteiger partial charge is 0.374 e. The van der Waals surface area contributed by atoms with Gasteiger partial charge in [0.2, 0.25) is 0 Å². The van der Waals surface area contributed by atoms with Gasteiger partial charge in [0.05, 0.1) is 18.0 Å². The molecule has 1 aliphatic rings.